The van der Waals surface area contributed by atoms with Gasteiger partial charge in [-0.25, -0.2) is 4.98 Å². The Morgan fingerprint density at radius 1 is 0.827 bits per heavy atom. The molecule has 7 rings (SSSR count). The predicted octanol–water partition coefficient (Wildman–Crippen LogP) is 11.9. The van der Waals surface area contributed by atoms with Gasteiger partial charge in [-0.3, -0.25) is 4.68 Å². The van der Waals surface area contributed by atoms with E-state index in [4.69, 9.17) is 14.8 Å². The molecule has 268 valence electrons. The molecular weight excluding hydrogens is 820 g/mol. The SMILES string of the molecule is CCc1c(-c2ccccc2)c(C)nn1-c1[c-]c(Oc2[c-]c3c(cc2)c2cc(CC(C)C)ccc2n3-c2cc(C(C)(C)C)ccn2)cc(C(C)C)c1.[Pt+2]. The van der Waals surface area contributed by atoms with Crippen LogP contribution >= 0.6 is 0 Å². The van der Waals surface area contributed by atoms with Crippen LogP contribution in [0.15, 0.2) is 91.1 Å². The fourth-order valence-electron chi connectivity index (χ4n) is 7.13. The Balaban J connectivity index is 0.00000464. The number of hydrogen-bond donors (Lipinski definition) is 0. The Hall–Kier alpha value is -4.47. The fraction of sp³-hybridized carbons (Fsp3) is 0.304. The van der Waals surface area contributed by atoms with Crippen LogP contribution in [0.4, 0.5) is 0 Å². The summed E-state index contributed by atoms with van der Waals surface area (Å²) in [5, 5.41) is 7.37. The van der Waals surface area contributed by atoms with Gasteiger partial charge in [0.25, 0.3) is 0 Å². The Labute approximate surface area is 323 Å². The molecule has 3 aromatic heterocycles. The first-order valence-corrected chi connectivity index (χ1v) is 18.3. The van der Waals surface area contributed by atoms with Crippen molar-refractivity contribution < 1.29 is 25.8 Å². The zero-order chi connectivity index (χ0) is 36.0. The molecular formula is C46H48N4OPt. The zero-order valence-corrected chi connectivity index (χ0v) is 34.0. The van der Waals surface area contributed by atoms with Crippen molar-refractivity contribution in [1.29, 1.82) is 0 Å². The van der Waals surface area contributed by atoms with Crippen molar-refractivity contribution in [3.63, 3.8) is 0 Å². The minimum absolute atomic E-state index is 0. The third kappa shape index (κ3) is 7.26. The summed E-state index contributed by atoms with van der Waals surface area (Å²) in [6, 6.07) is 37.4. The minimum atomic E-state index is -0.0134. The molecule has 0 N–H and O–H groups in total. The van der Waals surface area contributed by atoms with E-state index in [-0.39, 0.29) is 32.4 Å². The van der Waals surface area contributed by atoms with Crippen LogP contribution in [-0.2, 0) is 39.3 Å². The average molecular weight is 868 g/mol. The van der Waals surface area contributed by atoms with Crippen molar-refractivity contribution in [2.45, 2.75) is 86.5 Å². The Kier molecular flexibility index (Phi) is 10.7. The first kappa shape index (κ1) is 37.3. The Bertz CT molecular complexity index is 2360. The molecule has 0 amide bonds. The number of hydrogen-bond acceptors (Lipinski definition) is 3. The van der Waals surface area contributed by atoms with Gasteiger partial charge < -0.3 is 9.30 Å². The van der Waals surface area contributed by atoms with Gasteiger partial charge in [-0.05, 0) is 83.0 Å². The van der Waals surface area contributed by atoms with Crippen molar-refractivity contribution in [3.8, 4) is 34.1 Å². The molecule has 0 aliphatic carbocycles. The maximum atomic E-state index is 6.69. The summed E-state index contributed by atoms with van der Waals surface area (Å²) >= 11 is 0. The van der Waals surface area contributed by atoms with E-state index in [1.54, 1.807) is 0 Å². The molecule has 0 bridgehead atoms. The molecule has 0 aliphatic heterocycles. The number of pyridine rings is 1. The largest absolute Gasteiger partial charge is 2.00 e. The molecule has 4 aromatic carbocycles. The van der Waals surface area contributed by atoms with E-state index in [1.807, 2.05) is 16.9 Å². The van der Waals surface area contributed by atoms with E-state index in [9.17, 15) is 0 Å². The van der Waals surface area contributed by atoms with Gasteiger partial charge in [0, 0.05) is 34.5 Å². The van der Waals surface area contributed by atoms with E-state index in [0.29, 0.717) is 17.4 Å². The third-order valence-electron chi connectivity index (χ3n) is 9.72. The van der Waals surface area contributed by atoms with Crippen LogP contribution < -0.4 is 4.74 Å². The zero-order valence-electron chi connectivity index (χ0n) is 31.7. The molecule has 0 saturated carbocycles. The van der Waals surface area contributed by atoms with Crippen LogP contribution in [-0.4, -0.2) is 19.3 Å². The van der Waals surface area contributed by atoms with Crippen molar-refractivity contribution in [3.05, 3.63) is 131 Å². The topological polar surface area (TPSA) is 44.9 Å². The van der Waals surface area contributed by atoms with Crippen LogP contribution in [0.2, 0.25) is 0 Å². The number of rotatable bonds is 9. The number of aromatic nitrogens is 4. The van der Waals surface area contributed by atoms with Crippen molar-refractivity contribution in [2.24, 2.45) is 5.92 Å². The van der Waals surface area contributed by atoms with Gasteiger partial charge in [0.1, 0.15) is 5.82 Å². The van der Waals surface area contributed by atoms with Crippen LogP contribution in [0, 0.1) is 25.0 Å². The molecule has 7 aromatic rings. The van der Waals surface area contributed by atoms with E-state index in [0.717, 1.165) is 57.7 Å². The molecule has 0 spiro atoms. The third-order valence-corrected chi connectivity index (χ3v) is 9.72. The quantitative estimate of drug-likeness (QED) is 0.136. The summed E-state index contributed by atoms with van der Waals surface area (Å²) in [5.41, 5.74) is 11.1. The summed E-state index contributed by atoms with van der Waals surface area (Å²) in [7, 11) is 0. The van der Waals surface area contributed by atoms with Gasteiger partial charge in [-0.2, -0.15) is 11.2 Å². The number of benzene rings is 4. The van der Waals surface area contributed by atoms with Gasteiger partial charge in [0.15, 0.2) is 0 Å². The average Bonchev–Trinajstić information content (AvgIpc) is 3.61. The Morgan fingerprint density at radius 3 is 2.29 bits per heavy atom. The molecule has 0 radical (unpaired) electrons. The van der Waals surface area contributed by atoms with Gasteiger partial charge in [0.05, 0.1) is 5.69 Å². The minimum Gasteiger partial charge on any atom is -0.509 e. The van der Waals surface area contributed by atoms with E-state index in [1.165, 1.54) is 27.6 Å². The van der Waals surface area contributed by atoms with E-state index < -0.39 is 0 Å². The molecule has 0 unspecified atom stereocenters. The fourth-order valence-corrected chi connectivity index (χ4v) is 7.13. The monoisotopic (exact) mass is 867 g/mol. The molecule has 0 fully saturated rings. The summed E-state index contributed by atoms with van der Waals surface area (Å²) in [5.74, 6) is 2.99. The van der Waals surface area contributed by atoms with Gasteiger partial charge in [-0.15, -0.1) is 41.3 Å². The van der Waals surface area contributed by atoms with Crippen LogP contribution in [0.5, 0.6) is 11.5 Å². The summed E-state index contributed by atoms with van der Waals surface area (Å²) < 4.78 is 11.0. The maximum absolute atomic E-state index is 6.69. The number of aryl methyl sites for hydroxylation is 1. The van der Waals surface area contributed by atoms with Crippen molar-refractivity contribution in [1.82, 2.24) is 19.3 Å². The first-order chi connectivity index (χ1) is 24.4. The number of nitrogens with zero attached hydrogens (tertiary/aromatic N) is 4. The first-order valence-electron chi connectivity index (χ1n) is 18.3. The van der Waals surface area contributed by atoms with Gasteiger partial charge in [-0.1, -0.05) is 103 Å². The molecule has 52 heavy (non-hydrogen) atoms. The van der Waals surface area contributed by atoms with Crippen LogP contribution in [0.1, 0.15) is 89.4 Å². The second kappa shape index (κ2) is 14.9. The van der Waals surface area contributed by atoms with E-state index >= 15 is 0 Å². The van der Waals surface area contributed by atoms with Crippen LogP contribution in [0.3, 0.4) is 0 Å². The molecule has 3 heterocycles. The van der Waals surface area contributed by atoms with Crippen molar-refractivity contribution in [2.75, 3.05) is 0 Å². The van der Waals surface area contributed by atoms with E-state index in [2.05, 4.69) is 158 Å². The molecule has 0 atom stereocenters. The van der Waals surface area contributed by atoms with Crippen LogP contribution in [0.25, 0.3) is 44.4 Å². The summed E-state index contributed by atoms with van der Waals surface area (Å²) in [6.07, 6.45) is 3.77. The van der Waals surface area contributed by atoms with Gasteiger partial charge in [0.2, 0.25) is 0 Å². The molecule has 0 aliphatic rings. The summed E-state index contributed by atoms with van der Waals surface area (Å²) in [4.78, 5) is 4.89. The predicted molar refractivity (Wildman–Crippen MR) is 211 cm³/mol. The maximum Gasteiger partial charge on any atom is 2.00 e. The molecule has 0 saturated heterocycles. The number of ether oxygens (including phenoxy) is 1. The molecule has 6 heteroatoms. The normalized spacial score (nSPS) is 11.9. The molecule has 5 nitrogen and oxygen atoms in total. The second-order valence-electron chi connectivity index (χ2n) is 15.5. The smallest absolute Gasteiger partial charge is 0.509 e. The number of fused-ring (bicyclic) bond motifs is 3. The standard InChI is InChI=1S/C46H48N4O.Pt/c1-10-41-45(33-14-12-11-13-15-33)31(6)48-50(41)36-24-34(30(4)5)25-38(27-36)51-37-17-18-39-40-23-32(22-29(2)3)16-19-42(40)49(43(39)28-37)44-26-35(20-21-47-44)46(7,8)9;/h11-21,23-26,29-30H,10,22H2,1-9H3;/q-2;+2. The van der Waals surface area contributed by atoms with Crippen molar-refractivity contribution >= 4 is 21.8 Å². The second-order valence-corrected chi connectivity index (χ2v) is 15.5. The summed E-state index contributed by atoms with van der Waals surface area (Å²) in [6.45, 7) is 19.9. The Morgan fingerprint density at radius 2 is 1.60 bits per heavy atom. The van der Waals surface area contributed by atoms with Gasteiger partial charge >= 0.3 is 21.1 Å².